The van der Waals surface area contributed by atoms with Gasteiger partial charge in [0, 0.05) is 10.6 Å². The highest BCUT2D eigenvalue weighted by molar-refractivity contribution is 6.32. The Morgan fingerprint density at radius 2 is 1.21 bits per heavy atom. The van der Waals surface area contributed by atoms with E-state index in [1.54, 1.807) is 72.8 Å². The summed E-state index contributed by atoms with van der Waals surface area (Å²) in [6, 6.07) is 23.4. The average Bonchev–Trinajstić information content (AvgIpc) is 2.88. The summed E-state index contributed by atoms with van der Waals surface area (Å²) in [5.74, 6) is -1.46. The lowest BCUT2D eigenvalue weighted by atomic mass is 10.1. The molecule has 0 saturated carbocycles. The van der Waals surface area contributed by atoms with Gasteiger partial charge in [-0.1, -0.05) is 90.5 Å². The standard InChI is InChI=1S/C27H25ClN2O4/c28-23-14-8-7-9-19(23)15-16-22(26(33)29-24(17-31)20-10-3-1-4-11-20)27(34)30-25(18-32)21-12-5-2-6-13-21/h1-15,24-25,31-32H,17-18H2,(H,29,33)(H,30,34)/t24-,25-/m1/s1. The van der Waals surface area contributed by atoms with Crippen molar-refractivity contribution in [2.75, 3.05) is 13.2 Å². The fraction of sp³-hybridized carbons (Fsp3) is 0.148. The Morgan fingerprint density at radius 1 is 0.765 bits per heavy atom. The summed E-state index contributed by atoms with van der Waals surface area (Å²) in [4.78, 5) is 26.3. The van der Waals surface area contributed by atoms with E-state index in [1.165, 1.54) is 6.08 Å². The van der Waals surface area contributed by atoms with E-state index < -0.39 is 23.9 Å². The molecule has 3 aromatic carbocycles. The first kappa shape index (κ1) is 25.0. The van der Waals surface area contributed by atoms with Gasteiger partial charge in [0.1, 0.15) is 5.57 Å². The second-order valence-electron chi connectivity index (χ2n) is 7.42. The largest absolute Gasteiger partial charge is 0.394 e. The molecule has 2 amide bonds. The molecule has 0 radical (unpaired) electrons. The topological polar surface area (TPSA) is 98.7 Å². The van der Waals surface area contributed by atoms with Crippen molar-refractivity contribution in [3.8, 4) is 0 Å². The first-order chi connectivity index (χ1) is 16.5. The minimum Gasteiger partial charge on any atom is -0.394 e. The van der Waals surface area contributed by atoms with E-state index in [9.17, 15) is 19.8 Å². The Labute approximate surface area is 203 Å². The fourth-order valence-corrected chi connectivity index (χ4v) is 3.47. The normalized spacial score (nSPS) is 12.1. The maximum absolute atomic E-state index is 13.1. The fourth-order valence-electron chi connectivity index (χ4n) is 3.28. The van der Waals surface area contributed by atoms with Gasteiger partial charge < -0.3 is 20.8 Å². The molecule has 34 heavy (non-hydrogen) atoms. The number of nitrogens with one attached hydrogen (secondary N) is 2. The molecule has 3 aromatic rings. The van der Waals surface area contributed by atoms with Gasteiger partial charge >= 0.3 is 0 Å². The number of benzene rings is 3. The van der Waals surface area contributed by atoms with E-state index in [-0.39, 0.29) is 18.8 Å². The zero-order valence-corrected chi connectivity index (χ0v) is 19.1. The highest BCUT2D eigenvalue weighted by Crippen LogP contribution is 2.18. The van der Waals surface area contributed by atoms with Crippen molar-refractivity contribution in [1.29, 1.82) is 0 Å². The first-order valence-corrected chi connectivity index (χ1v) is 11.1. The third kappa shape index (κ3) is 6.67. The molecule has 0 fully saturated rings. The van der Waals surface area contributed by atoms with Crippen LogP contribution < -0.4 is 10.6 Å². The number of aliphatic hydroxyl groups excluding tert-OH is 2. The molecule has 0 bridgehead atoms. The van der Waals surface area contributed by atoms with Gasteiger partial charge in [0.15, 0.2) is 0 Å². The van der Waals surface area contributed by atoms with Crippen molar-refractivity contribution >= 4 is 29.5 Å². The van der Waals surface area contributed by atoms with Crippen molar-refractivity contribution in [1.82, 2.24) is 10.6 Å². The van der Waals surface area contributed by atoms with Crippen LogP contribution in [-0.4, -0.2) is 35.2 Å². The van der Waals surface area contributed by atoms with Crippen LogP contribution in [0.3, 0.4) is 0 Å². The molecule has 4 N–H and O–H groups in total. The summed E-state index contributed by atoms with van der Waals surface area (Å²) in [6.45, 7) is -0.718. The minimum atomic E-state index is -0.728. The molecular weight excluding hydrogens is 452 g/mol. The van der Waals surface area contributed by atoms with Gasteiger partial charge in [0.2, 0.25) is 0 Å². The van der Waals surface area contributed by atoms with Gasteiger partial charge in [-0.3, -0.25) is 9.59 Å². The summed E-state index contributed by atoms with van der Waals surface area (Å²) >= 11 is 6.19. The molecule has 6 nitrogen and oxygen atoms in total. The van der Waals surface area contributed by atoms with Gasteiger partial charge in [-0.2, -0.15) is 0 Å². The predicted molar refractivity (Wildman–Crippen MR) is 132 cm³/mol. The number of amides is 2. The van der Waals surface area contributed by atoms with Crippen molar-refractivity contribution in [2.24, 2.45) is 0 Å². The molecule has 2 atom stereocenters. The third-order valence-electron chi connectivity index (χ3n) is 5.11. The Bertz CT molecular complexity index is 1110. The quantitative estimate of drug-likeness (QED) is 0.164. The second-order valence-corrected chi connectivity index (χ2v) is 7.83. The SMILES string of the molecule is O=C(N[C@H](CO)c1ccccc1)C(=C=Cc1ccccc1Cl)C(=O)N[C@H](CO)c1ccccc1. The molecule has 0 heterocycles. The molecule has 0 aliphatic rings. The molecule has 7 heteroatoms. The number of carbonyl (C=O) groups excluding carboxylic acids is 2. The Balaban J connectivity index is 1.93. The molecule has 0 saturated heterocycles. The van der Waals surface area contributed by atoms with Crippen LogP contribution >= 0.6 is 11.6 Å². The summed E-state index contributed by atoms with van der Waals surface area (Å²) in [5.41, 5.74) is 4.39. The zero-order valence-electron chi connectivity index (χ0n) is 18.3. The van der Waals surface area contributed by atoms with E-state index in [0.29, 0.717) is 21.7 Å². The maximum Gasteiger partial charge on any atom is 0.265 e. The maximum atomic E-state index is 13.1. The lowest BCUT2D eigenvalue weighted by Crippen LogP contribution is -2.39. The highest BCUT2D eigenvalue weighted by atomic mass is 35.5. The van der Waals surface area contributed by atoms with E-state index >= 15 is 0 Å². The van der Waals surface area contributed by atoms with Crippen LogP contribution in [0.1, 0.15) is 28.8 Å². The van der Waals surface area contributed by atoms with E-state index in [4.69, 9.17) is 11.6 Å². The molecular formula is C27H25ClN2O4. The number of halogens is 1. The van der Waals surface area contributed by atoms with Crippen LogP contribution in [0, 0.1) is 0 Å². The van der Waals surface area contributed by atoms with Crippen LogP contribution in [0.25, 0.3) is 6.08 Å². The molecule has 3 rings (SSSR count). The average molecular weight is 477 g/mol. The van der Waals surface area contributed by atoms with Gasteiger partial charge in [0.25, 0.3) is 11.8 Å². The van der Waals surface area contributed by atoms with Crippen LogP contribution in [0.2, 0.25) is 5.02 Å². The molecule has 174 valence electrons. The van der Waals surface area contributed by atoms with E-state index in [0.717, 1.165) is 0 Å². The second kappa shape index (κ2) is 12.5. The van der Waals surface area contributed by atoms with Crippen LogP contribution in [-0.2, 0) is 9.59 Å². The first-order valence-electron chi connectivity index (χ1n) is 10.7. The lowest BCUT2D eigenvalue weighted by Gasteiger charge is -2.19. The number of rotatable bonds is 9. The molecule has 0 aromatic heterocycles. The van der Waals surface area contributed by atoms with Crippen molar-refractivity contribution in [3.63, 3.8) is 0 Å². The Kier molecular flexibility index (Phi) is 9.21. The summed E-state index contributed by atoms with van der Waals surface area (Å²) in [5, 5.41) is 25.4. The van der Waals surface area contributed by atoms with E-state index in [2.05, 4.69) is 16.4 Å². The van der Waals surface area contributed by atoms with Crippen LogP contribution in [0.4, 0.5) is 0 Å². The van der Waals surface area contributed by atoms with Gasteiger partial charge in [-0.05, 0) is 23.3 Å². The number of aliphatic hydroxyl groups is 2. The Morgan fingerprint density at radius 3 is 1.65 bits per heavy atom. The third-order valence-corrected chi connectivity index (χ3v) is 5.46. The smallest absolute Gasteiger partial charge is 0.265 e. The number of hydrogen-bond acceptors (Lipinski definition) is 4. The van der Waals surface area contributed by atoms with Gasteiger partial charge in [-0.25, -0.2) is 0 Å². The molecule has 0 aliphatic carbocycles. The zero-order chi connectivity index (χ0) is 24.3. The summed E-state index contributed by atoms with van der Waals surface area (Å²) < 4.78 is 0. The lowest BCUT2D eigenvalue weighted by molar-refractivity contribution is -0.124. The van der Waals surface area contributed by atoms with Crippen molar-refractivity contribution < 1.29 is 19.8 Å². The van der Waals surface area contributed by atoms with E-state index in [1.807, 2.05) is 12.1 Å². The van der Waals surface area contributed by atoms with Gasteiger partial charge in [-0.15, -0.1) is 5.73 Å². The molecule has 0 aliphatic heterocycles. The monoisotopic (exact) mass is 476 g/mol. The number of carbonyl (C=O) groups is 2. The summed E-state index contributed by atoms with van der Waals surface area (Å²) in [7, 11) is 0. The summed E-state index contributed by atoms with van der Waals surface area (Å²) in [6.07, 6.45) is 1.45. The Hall–Kier alpha value is -3.67. The van der Waals surface area contributed by atoms with Crippen LogP contribution in [0.15, 0.2) is 96.2 Å². The van der Waals surface area contributed by atoms with Gasteiger partial charge in [0.05, 0.1) is 25.3 Å². The minimum absolute atomic E-state index is 0.316. The number of hydrogen-bond donors (Lipinski definition) is 4. The van der Waals surface area contributed by atoms with Crippen molar-refractivity contribution in [3.05, 3.63) is 118 Å². The molecule has 0 spiro atoms. The predicted octanol–water partition coefficient (Wildman–Crippen LogP) is 3.58. The van der Waals surface area contributed by atoms with Crippen LogP contribution in [0.5, 0.6) is 0 Å². The highest BCUT2D eigenvalue weighted by Gasteiger charge is 2.24. The molecule has 0 unspecified atom stereocenters. The van der Waals surface area contributed by atoms with Crippen molar-refractivity contribution in [2.45, 2.75) is 12.1 Å².